The molecule has 1 heterocycles. The zero-order valence-electron chi connectivity index (χ0n) is 20.1. The highest BCUT2D eigenvalue weighted by Crippen LogP contribution is 2.28. The molecule has 1 aliphatic heterocycles. The second-order valence-electron chi connectivity index (χ2n) is 8.89. The summed E-state index contributed by atoms with van der Waals surface area (Å²) in [5.41, 5.74) is 0.817. The van der Waals surface area contributed by atoms with Crippen molar-refractivity contribution in [3.05, 3.63) is 63.2 Å². The molecule has 12 heteroatoms. The number of nitrogens with zero attached hydrogens (tertiary/aromatic N) is 2. The van der Waals surface area contributed by atoms with Crippen LogP contribution in [0.5, 0.6) is 0 Å². The summed E-state index contributed by atoms with van der Waals surface area (Å²) in [7, 11) is -3.68. The number of rotatable bonds is 8. The molecule has 10 nitrogen and oxygen atoms in total. The molecule has 0 aliphatic carbocycles. The van der Waals surface area contributed by atoms with Crippen molar-refractivity contribution in [2.45, 2.75) is 50.5 Å². The number of nitro groups is 1. The van der Waals surface area contributed by atoms with Crippen molar-refractivity contribution in [2.75, 3.05) is 18.4 Å². The van der Waals surface area contributed by atoms with Crippen molar-refractivity contribution in [3.63, 3.8) is 0 Å². The zero-order valence-corrected chi connectivity index (χ0v) is 21.7. The fourth-order valence-electron chi connectivity index (χ4n) is 3.79. The number of nitro benzene ring substituents is 1. The molecule has 36 heavy (non-hydrogen) atoms. The fourth-order valence-corrected chi connectivity index (χ4v) is 5.42. The topological polar surface area (TPSA) is 136 Å². The van der Waals surface area contributed by atoms with E-state index < -0.39 is 38.8 Å². The first-order chi connectivity index (χ1) is 16.9. The van der Waals surface area contributed by atoms with Gasteiger partial charge in [0.15, 0.2) is 6.10 Å². The number of anilines is 1. The summed E-state index contributed by atoms with van der Waals surface area (Å²) in [4.78, 5) is 35.6. The lowest BCUT2D eigenvalue weighted by Gasteiger charge is -2.30. The third kappa shape index (κ3) is 6.40. The molecular weight excluding hydrogens is 510 g/mol. The van der Waals surface area contributed by atoms with E-state index in [0.717, 1.165) is 11.6 Å². The van der Waals surface area contributed by atoms with Crippen molar-refractivity contribution in [2.24, 2.45) is 5.92 Å². The monoisotopic (exact) mass is 537 g/mol. The molecule has 3 rings (SSSR count). The molecule has 1 atom stereocenters. The summed E-state index contributed by atoms with van der Waals surface area (Å²) in [6.45, 7) is 5.73. The molecular formula is C24H28ClN3O7S. The number of piperidine rings is 1. The average Bonchev–Trinajstić information content (AvgIpc) is 2.85. The highest BCUT2D eigenvalue weighted by molar-refractivity contribution is 7.89. The van der Waals surface area contributed by atoms with Gasteiger partial charge in [0, 0.05) is 25.2 Å². The molecule has 0 aromatic heterocycles. The van der Waals surface area contributed by atoms with Crippen molar-refractivity contribution in [1.29, 1.82) is 0 Å². The third-order valence-corrected chi connectivity index (χ3v) is 8.30. The van der Waals surface area contributed by atoms with Crippen LogP contribution in [0.15, 0.2) is 47.4 Å². The van der Waals surface area contributed by atoms with Gasteiger partial charge in [-0.25, -0.2) is 8.42 Å². The summed E-state index contributed by atoms with van der Waals surface area (Å²) < 4.78 is 32.6. The van der Waals surface area contributed by atoms with Crippen LogP contribution in [0.4, 0.5) is 11.4 Å². The lowest BCUT2D eigenvalue weighted by molar-refractivity contribution is -0.384. The first kappa shape index (κ1) is 27.6. The summed E-state index contributed by atoms with van der Waals surface area (Å²) in [6, 6.07) is 10.4. The van der Waals surface area contributed by atoms with E-state index in [1.165, 1.54) is 23.4 Å². The number of hydrogen-bond donors (Lipinski definition) is 1. The van der Waals surface area contributed by atoms with Crippen LogP contribution in [0.1, 0.15) is 45.1 Å². The molecule has 0 saturated carbocycles. The number of hydrogen-bond acceptors (Lipinski definition) is 7. The molecule has 2 aromatic rings. The second kappa shape index (κ2) is 11.4. The number of esters is 1. The number of carbonyl (C=O) groups excluding carboxylic acids is 2. The number of ether oxygens (including phenoxy) is 1. The molecule has 0 spiro atoms. The Kier molecular flexibility index (Phi) is 8.70. The Hall–Kier alpha value is -3.02. The largest absolute Gasteiger partial charge is 0.452 e. The molecule has 0 bridgehead atoms. The SMILES string of the molecule is CC(OC(=O)C1CCN(S(=O)(=O)c2ccc(C(C)C)cc2)CC1)C(=O)Nc1cc([N+](=O)[O-])ccc1Cl. The van der Waals surface area contributed by atoms with E-state index in [0.29, 0.717) is 0 Å². The number of sulfonamides is 1. The minimum absolute atomic E-state index is 0.0266. The van der Waals surface area contributed by atoms with Crippen LogP contribution in [0, 0.1) is 16.0 Å². The number of carbonyl (C=O) groups is 2. The Bertz CT molecular complexity index is 1240. The quantitative estimate of drug-likeness (QED) is 0.300. The Morgan fingerprint density at radius 1 is 1.11 bits per heavy atom. The Balaban J connectivity index is 1.55. The van der Waals surface area contributed by atoms with E-state index in [9.17, 15) is 28.1 Å². The van der Waals surface area contributed by atoms with E-state index in [1.54, 1.807) is 24.3 Å². The number of amides is 1. The average molecular weight is 538 g/mol. The summed E-state index contributed by atoms with van der Waals surface area (Å²) in [5.74, 6) is -1.58. The van der Waals surface area contributed by atoms with Crippen LogP contribution in [0.3, 0.4) is 0 Å². The minimum atomic E-state index is -3.68. The normalized spacial score (nSPS) is 15.9. The maximum Gasteiger partial charge on any atom is 0.309 e. The summed E-state index contributed by atoms with van der Waals surface area (Å²) in [5, 5.41) is 13.5. The lowest BCUT2D eigenvalue weighted by Crippen LogP contribution is -2.41. The molecule has 1 saturated heterocycles. The first-order valence-corrected chi connectivity index (χ1v) is 13.3. The van der Waals surface area contributed by atoms with Crippen molar-refractivity contribution >= 4 is 44.9 Å². The van der Waals surface area contributed by atoms with Crippen LogP contribution in [0.2, 0.25) is 5.02 Å². The highest BCUT2D eigenvalue weighted by Gasteiger charge is 2.34. The van der Waals surface area contributed by atoms with Gasteiger partial charge in [-0.3, -0.25) is 19.7 Å². The Morgan fingerprint density at radius 3 is 2.28 bits per heavy atom. The van der Waals surface area contributed by atoms with Gasteiger partial charge in [0.2, 0.25) is 10.0 Å². The van der Waals surface area contributed by atoms with E-state index in [2.05, 4.69) is 5.32 Å². The molecule has 1 fully saturated rings. The van der Waals surface area contributed by atoms with E-state index >= 15 is 0 Å². The smallest absolute Gasteiger partial charge is 0.309 e. The molecule has 1 aliphatic rings. The lowest BCUT2D eigenvalue weighted by atomic mass is 9.98. The number of nitrogens with one attached hydrogen (secondary N) is 1. The number of benzene rings is 2. The summed E-state index contributed by atoms with van der Waals surface area (Å²) >= 11 is 5.99. The van der Waals surface area contributed by atoms with Crippen molar-refractivity contribution in [3.8, 4) is 0 Å². The predicted molar refractivity (Wildman–Crippen MR) is 134 cm³/mol. The van der Waals surface area contributed by atoms with Gasteiger partial charge in [-0.15, -0.1) is 0 Å². The summed E-state index contributed by atoms with van der Waals surface area (Å²) in [6.07, 6.45) is -0.672. The van der Waals surface area contributed by atoms with E-state index in [-0.39, 0.29) is 53.1 Å². The number of non-ortho nitro benzene ring substituents is 1. The van der Waals surface area contributed by atoms with Crippen LogP contribution in [-0.2, 0) is 24.3 Å². The third-order valence-electron chi connectivity index (χ3n) is 6.05. The second-order valence-corrected chi connectivity index (χ2v) is 11.2. The maximum atomic E-state index is 13.0. The first-order valence-electron chi connectivity index (χ1n) is 11.5. The standard InChI is InChI=1S/C24H28ClN3O7S/c1-15(2)17-4-7-20(8-5-17)36(33,34)27-12-10-18(11-13-27)24(30)35-16(3)23(29)26-22-14-19(28(31)32)6-9-21(22)25/h4-9,14-16,18H,10-13H2,1-3H3,(H,26,29). The zero-order chi connectivity index (χ0) is 26.6. The molecule has 2 aromatic carbocycles. The van der Waals surface area contributed by atoms with Crippen LogP contribution in [-0.4, -0.2) is 48.7 Å². The predicted octanol–water partition coefficient (Wildman–Crippen LogP) is 4.34. The van der Waals surface area contributed by atoms with Gasteiger partial charge < -0.3 is 10.1 Å². The molecule has 1 unspecified atom stereocenters. The minimum Gasteiger partial charge on any atom is -0.452 e. The van der Waals surface area contributed by atoms with Crippen LogP contribution >= 0.6 is 11.6 Å². The van der Waals surface area contributed by atoms with Gasteiger partial charge in [-0.1, -0.05) is 37.6 Å². The van der Waals surface area contributed by atoms with Gasteiger partial charge in [0.25, 0.3) is 11.6 Å². The Labute approximate surface area is 214 Å². The molecule has 1 amide bonds. The van der Waals surface area contributed by atoms with Gasteiger partial charge in [-0.05, 0) is 49.4 Å². The van der Waals surface area contributed by atoms with Crippen molar-refractivity contribution in [1.82, 2.24) is 4.31 Å². The van der Waals surface area contributed by atoms with Gasteiger partial charge >= 0.3 is 5.97 Å². The van der Waals surface area contributed by atoms with Gasteiger partial charge in [0.1, 0.15) is 0 Å². The van der Waals surface area contributed by atoms with Gasteiger partial charge in [-0.2, -0.15) is 4.31 Å². The maximum absolute atomic E-state index is 13.0. The van der Waals surface area contributed by atoms with Gasteiger partial charge in [0.05, 0.1) is 26.4 Å². The van der Waals surface area contributed by atoms with Crippen molar-refractivity contribution < 1.29 is 27.7 Å². The fraction of sp³-hybridized carbons (Fsp3) is 0.417. The molecule has 0 radical (unpaired) electrons. The highest BCUT2D eigenvalue weighted by atomic mass is 35.5. The van der Waals surface area contributed by atoms with Crippen LogP contribution < -0.4 is 5.32 Å². The Morgan fingerprint density at radius 2 is 1.72 bits per heavy atom. The molecule has 194 valence electrons. The van der Waals surface area contributed by atoms with E-state index in [4.69, 9.17) is 16.3 Å². The molecule has 1 N–H and O–H groups in total. The van der Waals surface area contributed by atoms with E-state index in [1.807, 2.05) is 13.8 Å². The van der Waals surface area contributed by atoms with Crippen LogP contribution in [0.25, 0.3) is 0 Å². The number of halogens is 1.